The van der Waals surface area contributed by atoms with E-state index in [9.17, 15) is 18.3 Å². The molecule has 1 atom stereocenters. The molecule has 108 valence electrons. The number of carbonyl (C=O) groups is 1. The SMILES string of the molecule is O=C(O)c1nc(C2CCS(=O)(=O)C2)nc2c1CCNC2. The Hall–Kier alpha value is -1.54. The zero-order valence-corrected chi connectivity index (χ0v) is 11.6. The van der Waals surface area contributed by atoms with Crippen LogP contribution in [0.15, 0.2) is 0 Å². The molecule has 2 aliphatic heterocycles. The summed E-state index contributed by atoms with van der Waals surface area (Å²) in [4.78, 5) is 19.9. The van der Waals surface area contributed by atoms with E-state index in [-0.39, 0.29) is 23.1 Å². The molecule has 7 nitrogen and oxygen atoms in total. The van der Waals surface area contributed by atoms with Gasteiger partial charge in [0, 0.05) is 18.0 Å². The van der Waals surface area contributed by atoms with Gasteiger partial charge in [-0.15, -0.1) is 0 Å². The number of sulfone groups is 1. The standard InChI is InChI=1S/C12H15N3O4S/c16-12(17)10-8-1-3-13-5-9(8)14-11(15-10)7-2-4-20(18,19)6-7/h7,13H,1-6H2,(H,16,17). The molecule has 1 aromatic heterocycles. The molecule has 0 spiro atoms. The van der Waals surface area contributed by atoms with E-state index in [0.717, 1.165) is 0 Å². The van der Waals surface area contributed by atoms with Crippen LogP contribution in [0, 0.1) is 0 Å². The van der Waals surface area contributed by atoms with Gasteiger partial charge in [0.05, 0.1) is 17.2 Å². The van der Waals surface area contributed by atoms with Gasteiger partial charge in [-0.2, -0.15) is 0 Å². The molecule has 2 aliphatic rings. The molecule has 8 heteroatoms. The Balaban J connectivity index is 2.04. The molecular weight excluding hydrogens is 282 g/mol. The smallest absolute Gasteiger partial charge is 0.354 e. The molecule has 0 radical (unpaired) electrons. The first-order valence-electron chi connectivity index (χ1n) is 6.50. The predicted molar refractivity (Wildman–Crippen MR) is 70.4 cm³/mol. The highest BCUT2D eigenvalue weighted by molar-refractivity contribution is 7.91. The van der Waals surface area contributed by atoms with Crippen LogP contribution >= 0.6 is 0 Å². The van der Waals surface area contributed by atoms with Crippen molar-refractivity contribution in [1.82, 2.24) is 15.3 Å². The quantitative estimate of drug-likeness (QED) is 0.772. The Bertz CT molecular complexity index is 672. The number of aromatic nitrogens is 2. The Morgan fingerprint density at radius 3 is 2.80 bits per heavy atom. The summed E-state index contributed by atoms with van der Waals surface area (Å²) in [5.41, 5.74) is 1.37. The highest BCUT2D eigenvalue weighted by Gasteiger charge is 2.33. The lowest BCUT2D eigenvalue weighted by Gasteiger charge is -2.19. The molecule has 0 amide bonds. The van der Waals surface area contributed by atoms with Crippen LogP contribution in [0.3, 0.4) is 0 Å². The maximum atomic E-state index is 11.5. The lowest BCUT2D eigenvalue weighted by Crippen LogP contribution is -2.28. The van der Waals surface area contributed by atoms with Crippen LogP contribution in [-0.2, 0) is 22.8 Å². The second-order valence-corrected chi connectivity index (χ2v) is 7.42. The van der Waals surface area contributed by atoms with Crippen molar-refractivity contribution < 1.29 is 18.3 Å². The Morgan fingerprint density at radius 1 is 1.35 bits per heavy atom. The van der Waals surface area contributed by atoms with Crippen molar-refractivity contribution in [3.63, 3.8) is 0 Å². The van der Waals surface area contributed by atoms with Crippen molar-refractivity contribution >= 4 is 15.8 Å². The van der Waals surface area contributed by atoms with Gasteiger partial charge in [-0.3, -0.25) is 0 Å². The molecule has 0 aliphatic carbocycles. The molecule has 1 aromatic rings. The van der Waals surface area contributed by atoms with E-state index in [0.29, 0.717) is 43.0 Å². The largest absolute Gasteiger partial charge is 0.477 e. The third-order valence-corrected chi connectivity index (χ3v) is 5.52. The number of nitrogens with one attached hydrogen (secondary N) is 1. The molecule has 3 heterocycles. The van der Waals surface area contributed by atoms with Gasteiger partial charge < -0.3 is 10.4 Å². The van der Waals surface area contributed by atoms with E-state index >= 15 is 0 Å². The number of fused-ring (bicyclic) bond motifs is 1. The molecule has 0 bridgehead atoms. The number of aromatic carboxylic acids is 1. The van der Waals surface area contributed by atoms with Crippen molar-refractivity contribution in [2.24, 2.45) is 0 Å². The highest BCUT2D eigenvalue weighted by Crippen LogP contribution is 2.28. The van der Waals surface area contributed by atoms with Crippen LogP contribution in [0.4, 0.5) is 0 Å². The van der Waals surface area contributed by atoms with Crippen LogP contribution < -0.4 is 5.32 Å². The predicted octanol–water partition coefficient (Wildman–Crippen LogP) is -0.277. The number of hydrogen-bond donors (Lipinski definition) is 2. The van der Waals surface area contributed by atoms with Gasteiger partial charge in [0.2, 0.25) is 0 Å². The van der Waals surface area contributed by atoms with Gasteiger partial charge in [-0.1, -0.05) is 0 Å². The number of carboxylic acid groups (broad SMARTS) is 1. The second-order valence-electron chi connectivity index (χ2n) is 5.19. The van der Waals surface area contributed by atoms with E-state index in [1.54, 1.807) is 0 Å². The summed E-state index contributed by atoms with van der Waals surface area (Å²) in [5, 5.41) is 12.4. The number of nitrogens with zero attached hydrogens (tertiary/aromatic N) is 2. The second kappa shape index (κ2) is 4.78. The fraction of sp³-hybridized carbons (Fsp3) is 0.583. The van der Waals surface area contributed by atoms with Crippen LogP contribution in [0.5, 0.6) is 0 Å². The summed E-state index contributed by atoms with van der Waals surface area (Å²) in [6, 6.07) is 0. The summed E-state index contributed by atoms with van der Waals surface area (Å²) in [6.07, 6.45) is 1.05. The maximum Gasteiger partial charge on any atom is 0.354 e. The highest BCUT2D eigenvalue weighted by atomic mass is 32.2. The van der Waals surface area contributed by atoms with Gasteiger partial charge in [0.1, 0.15) is 5.82 Å². The van der Waals surface area contributed by atoms with E-state index in [1.807, 2.05) is 0 Å². The lowest BCUT2D eigenvalue weighted by atomic mass is 10.0. The minimum absolute atomic E-state index is 0.0122. The molecule has 20 heavy (non-hydrogen) atoms. The first-order valence-corrected chi connectivity index (χ1v) is 8.32. The topological polar surface area (TPSA) is 109 Å². The third-order valence-electron chi connectivity index (χ3n) is 3.75. The zero-order chi connectivity index (χ0) is 14.3. The van der Waals surface area contributed by atoms with Crippen molar-refractivity contribution in [2.75, 3.05) is 18.1 Å². The molecule has 1 fully saturated rings. The van der Waals surface area contributed by atoms with E-state index < -0.39 is 15.8 Å². The minimum Gasteiger partial charge on any atom is -0.477 e. The molecular formula is C12H15N3O4S. The van der Waals surface area contributed by atoms with Gasteiger partial charge in [-0.25, -0.2) is 23.2 Å². The number of hydrogen-bond acceptors (Lipinski definition) is 6. The van der Waals surface area contributed by atoms with E-state index in [4.69, 9.17) is 0 Å². The van der Waals surface area contributed by atoms with Crippen molar-refractivity contribution in [3.8, 4) is 0 Å². The minimum atomic E-state index is -3.04. The summed E-state index contributed by atoms with van der Waals surface area (Å²) >= 11 is 0. The maximum absolute atomic E-state index is 11.5. The van der Waals surface area contributed by atoms with Gasteiger partial charge in [0.25, 0.3) is 0 Å². The summed E-state index contributed by atoms with van der Waals surface area (Å²) in [7, 11) is -3.04. The molecule has 1 saturated heterocycles. The van der Waals surface area contributed by atoms with Gasteiger partial charge in [-0.05, 0) is 19.4 Å². The van der Waals surface area contributed by atoms with Gasteiger partial charge >= 0.3 is 5.97 Å². The Morgan fingerprint density at radius 2 is 2.15 bits per heavy atom. The Kier molecular flexibility index (Phi) is 3.21. The summed E-state index contributed by atoms with van der Waals surface area (Å²) in [5.74, 6) is -0.874. The van der Waals surface area contributed by atoms with E-state index in [2.05, 4.69) is 15.3 Å². The fourth-order valence-electron chi connectivity index (χ4n) is 2.74. The monoisotopic (exact) mass is 297 g/mol. The third kappa shape index (κ3) is 2.40. The zero-order valence-electron chi connectivity index (χ0n) is 10.8. The van der Waals surface area contributed by atoms with Crippen molar-refractivity contribution in [1.29, 1.82) is 0 Å². The molecule has 0 aromatic carbocycles. The molecule has 2 N–H and O–H groups in total. The van der Waals surface area contributed by atoms with Crippen LogP contribution in [0.2, 0.25) is 0 Å². The average Bonchev–Trinajstić information content (AvgIpc) is 2.77. The number of carboxylic acids is 1. The molecule has 1 unspecified atom stereocenters. The van der Waals surface area contributed by atoms with Crippen LogP contribution in [-0.4, -0.2) is 47.5 Å². The lowest BCUT2D eigenvalue weighted by molar-refractivity contribution is 0.0688. The van der Waals surface area contributed by atoms with E-state index in [1.165, 1.54) is 0 Å². The van der Waals surface area contributed by atoms with Gasteiger partial charge in [0.15, 0.2) is 15.5 Å². The van der Waals surface area contributed by atoms with Crippen LogP contribution in [0.25, 0.3) is 0 Å². The first kappa shape index (κ1) is 13.4. The summed E-state index contributed by atoms with van der Waals surface area (Å²) < 4.78 is 23.1. The van der Waals surface area contributed by atoms with Crippen molar-refractivity contribution in [2.45, 2.75) is 25.3 Å². The number of rotatable bonds is 2. The van der Waals surface area contributed by atoms with Crippen molar-refractivity contribution in [3.05, 3.63) is 22.8 Å². The molecule has 3 rings (SSSR count). The normalized spacial score (nSPS) is 24.3. The molecule has 0 saturated carbocycles. The van der Waals surface area contributed by atoms with Crippen LogP contribution in [0.1, 0.15) is 39.9 Å². The first-order chi connectivity index (χ1) is 9.46. The fourth-order valence-corrected chi connectivity index (χ4v) is 4.48. The Labute approximate surface area is 116 Å². The summed E-state index contributed by atoms with van der Waals surface area (Å²) in [6.45, 7) is 1.21. The average molecular weight is 297 g/mol.